The minimum absolute atomic E-state index is 0.0190. The van der Waals surface area contributed by atoms with E-state index in [0.717, 1.165) is 6.07 Å². The van der Waals surface area contributed by atoms with E-state index in [1.54, 1.807) is 0 Å². The number of nitrogens with one attached hydrogen (secondary N) is 1. The van der Waals surface area contributed by atoms with Crippen molar-refractivity contribution in [2.45, 2.75) is 19.3 Å². The molecule has 0 saturated heterocycles. The lowest BCUT2D eigenvalue weighted by Crippen LogP contribution is -2.10. The molecule has 0 amide bonds. The zero-order valence-electron chi connectivity index (χ0n) is 11.0. The van der Waals surface area contributed by atoms with Crippen LogP contribution in [0.3, 0.4) is 0 Å². The van der Waals surface area contributed by atoms with Crippen LogP contribution in [-0.2, 0) is 17.1 Å². The lowest BCUT2D eigenvalue weighted by Gasteiger charge is -2.12. The molecule has 2 aromatic rings. The maximum Gasteiger partial charge on any atom is 0.417 e. The molecule has 0 bridgehead atoms. The number of esters is 1. The van der Waals surface area contributed by atoms with Gasteiger partial charge in [0.15, 0.2) is 0 Å². The van der Waals surface area contributed by atoms with Crippen molar-refractivity contribution in [2.75, 3.05) is 6.61 Å². The van der Waals surface area contributed by atoms with Crippen LogP contribution in [0, 0.1) is 0 Å². The molecule has 0 aliphatic heterocycles. The molecule has 0 spiro atoms. The molecule has 22 heavy (non-hydrogen) atoms. The summed E-state index contributed by atoms with van der Waals surface area (Å²) in [7, 11) is 0. The first-order chi connectivity index (χ1) is 10.0. The predicted octanol–water partition coefficient (Wildman–Crippen LogP) is 4.38. The minimum atomic E-state index is -4.99. The van der Waals surface area contributed by atoms with Crippen molar-refractivity contribution in [1.29, 1.82) is 0 Å². The number of benzene rings is 1. The average Bonchev–Trinajstić information content (AvgIpc) is 2.79. The number of alkyl halides is 6. The van der Waals surface area contributed by atoms with Crippen LogP contribution >= 0.6 is 0 Å². The van der Waals surface area contributed by atoms with Gasteiger partial charge in [-0.25, -0.2) is 4.79 Å². The second-order valence-electron chi connectivity index (χ2n) is 4.38. The lowest BCUT2D eigenvalue weighted by atomic mass is 10.0. The lowest BCUT2D eigenvalue weighted by molar-refractivity contribution is -0.142. The number of fused-ring (bicyclic) bond motifs is 1. The highest BCUT2D eigenvalue weighted by atomic mass is 19.4. The summed E-state index contributed by atoms with van der Waals surface area (Å²) in [6.07, 6.45) is -9.93. The Labute approximate surface area is 119 Å². The summed E-state index contributed by atoms with van der Waals surface area (Å²) in [5.41, 5.74) is -3.71. The minimum Gasteiger partial charge on any atom is -0.461 e. The van der Waals surface area contributed by atoms with Gasteiger partial charge in [-0.3, -0.25) is 0 Å². The molecule has 120 valence electrons. The first-order valence-electron chi connectivity index (χ1n) is 6.02. The third-order valence-electron chi connectivity index (χ3n) is 2.87. The van der Waals surface area contributed by atoms with Gasteiger partial charge in [-0.15, -0.1) is 0 Å². The van der Waals surface area contributed by atoms with E-state index in [-0.39, 0.29) is 18.4 Å². The third kappa shape index (κ3) is 3.02. The van der Waals surface area contributed by atoms with Crippen LogP contribution < -0.4 is 0 Å². The number of ether oxygens (including phenoxy) is 1. The fourth-order valence-electron chi connectivity index (χ4n) is 1.95. The monoisotopic (exact) mass is 325 g/mol. The molecule has 0 aliphatic rings. The van der Waals surface area contributed by atoms with Crippen LogP contribution in [0.2, 0.25) is 0 Å². The maximum atomic E-state index is 12.9. The molecule has 0 unspecified atom stereocenters. The number of carbonyl (C=O) groups is 1. The molecular formula is C13H9F6NO2. The smallest absolute Gasteiger partial charge is 0.417 e. The molecule has 0 fully saturated rings. The van der Waals surface area contributed by atoms with Crippen molar-refractivity contribution < 1.29 is 35.9 Å². The Morgan fingerprint density at radius 1 is 1.09 bits per heavy atom. The molecule has 1 aromatic heterocycles. The zero-order chi connectivity index (χ0) is 16.7. The standard InChI is InChI=1S/C13H9F6NO2/c1-2-22-11(21)10-5-7-8(13(17,18)19)3-6(12(14,15)16)4-9(7)20-10/h3-5,20H,2H2,1H3. The van der Waals surface area contributed by atoms with E-state index >= 15 is 0 Å². The molecular weight excluding hydrogens is 316 g/mol. The Kier molecular flexibility index (Phi) is 3.84. The molecule has 0 saturated carbocycles. The van der Waals surface area contributed by atoms with E-state index in [1.807, 2.05) is 0 Å². The van der Waals surface area contributed by atoms with Gasteiger partial charge in [0.25, 0.3) is 0 Å². The van der Waals surface area contributed by atoms with E-state index in [0.29, 0.717) is 6.07 Å². The van der Waals surface area contributed by atoms with E-state index in [1.165, 1.54) is 6.92 Å². The molecule has 0 radical (unpaired) electrons. The number of H-pyrrole nitrogens is 1. The van der Waals surface area contributed by atoms with Gasteiger partial charge in [0.2, 0.25) is 0 Å². The third-order valence-corrected chi connectivity index (χ3v) is 2.87. The normalized spacial score (nSPS) is 12.7. The van der Waals surface area contributed by atoms with Gasteiger partial charge in [-0.1, -0.05) is 0 Å². The Bertz CT molecular complexity index is 714. The topological polar surface area (TPSA) is 42.1 Å². The number of halogens is 6. The molecule has 3 nitrogen and oxygen atoms in total. The number of hydrogen-bond donors (Lipinski definition) is 1. The van der Waals surface area contributed by atoms with E-state index in [9.17, 15) is 31.1 Å². The summed E-state index contributed by atoms with van der Waals surface area (Å²) >= 11 is 0. The fourth-order valence-corrected chi connectivity index (χ4v) is 1.95. The summed E-state index contributed by atoms with van der Waals surface area (Å²) in [6, 6.07) is 1.37. The maximum absolute atomic E-state index is 12.9. The largest absolute Gasteiger partial charge is 0.461 e. The van der Waals surface area contributed by atoms with E-state index in [4.69, 9.17) is 0 Å². The summed E-state index contributed by atoms with van der Waals surface area (Å²) in [6.45, 7) is 1.47. The predicted molar refractivity (Wildman–Crippen MR) is 64.3 cm³/mol. The summed E-state index contributed by atoms with van der Waals surface area (Å²) in [5, 5.41) is -0.524. The summed E-state index contributed by atoms with van der Waals surface area (Å²) < 4.78 is 81.5. The molecule has 1 aromatic carbocycles. The molecule has 2 rings (SSSR count). The van der Waals surface area contributed by atoms with Crippen molar-refractivity contribution in [3.8, 4) is 0 Å². The van der Waals surface area contributed by atoms with Crippen molar-refractivity contribution in [3.05, 3.63) is 35.0 Å². The van der Waals surface area contributed by atoms with Crippen molar-refractivity contribution >= 4 is 16.9 Å². The summed E-state index contributed by atoms with van der Waals surface area (Å²) in [4.78, 5) is 13.7. The van der Waals surface area contributed by atoms with Crippen LogP contribution in [0.15, 0.2) is 18.2 Å². The highest BCUT2D eigenvalue weighted by Crippen LogP contribution is 2.40. The molecule has 1 heterocycles. The second kappa shape index (κ2) is 5.22. The fraction of sp³-hybridized carbons (Fsp3) is 0.308. The van der Waals surface area contributed by atoms with Gasteiger partial charge < -0.3 is 9.72 Å². The number of carbonyl (C=O) groups excluding carboxylic acids is 1. The second-order valence-corrected chi connectivity index (χ2v) is 4.38. The van der Waals surface area contributed by atoms with Crippen LogP contribution in [0.4, 0.5) is 26.3 Å². The van der Waals surface area contributed by atoms with Gasteiger partial charge in [0, 0.05) is 10.9 Å². The zero-order valence-corrected chi connectivity index (χ0v) is 11.0. The highest BCUT2D eigenvalue weighted by Gasteiger charge is 2.38. The van der Waals surface area contributed by atoms with Crippen LogP contribution in [0.1, 0.15) is 28.5 Å². The van der Waals surface area contributed by atoms with Gasteiger partial charge in [0.1, 0.15) is 5.69 Å². The van der Waals surface area contributed by atoms with Gasteiger partial charge in [-0.2, -0.15) is 26.3 Å². The Hall–Kier alpha value is -2.19. The Morgan fingerprint density at radius 3 is 2.23 bits per heavy atom. The molecule has 0 aliphatic carbocycles. The van der Waals surface area contributed by atoms with Gasteiger partial charge in [0.05, 0.1) is 17.7 Å². The van der Waals surface area contributed by atoms with Gasteiger partial charge >= 0.3 is 18.3 Å². The Morgan fingerprint density at radius 2 is 1.73 bits per heavy atom. The van der Waals surface area contributed by atoms with Crippen LogP contribution in [0.25, 0.3) is 10.9 Å². The highest BCUT2D eigenvalue weighted by molar-refractivity contribution is 5.96. The molecule has 1 N–H and O–H groups in total. The Balaban J connectivity index is 2.70. The number of aromatic nitrogens is 1. The first-order valence-corrected chi connectivity index (χ1v) is 6.02. The van der Waals surface area contributed by atoms with Crippen molar-refractivity contribution in [1.82, 2.24) is 4.98 Å². The van der Waals surface area contributed by atoms with Crippen LogP contribution in [-0.4, -0.2) is 17.6 Å². The van der Waals surface area contributed by atoms with Crippen molar-refractivity contribution in [2.24, 2.45) is 0 Å². The summed E-state index contributed by atoms with van der Waals surface area (Å²) in [5.74, 6) is -0.944. The molecule has 0 atom stereocenters. The first kappa shape index (κ1) is 16.2. The number of hydrogen-bond acceptors (Lipinski definition) is 2. The SMILES string of the molecule is CCOC(=O)c1cc2c(C(F)(F)F)cc(C(F)(F)F)cc2[nH]1. The van der Waals surface area contributed by atoms with E-state index in [2.05, 4.69) is 9.72 Å². The van der Waals surface area contributed by atoms with Gasteiger partial charge in [-0.05, 0) is 25.1 Å². The quantitative estimate of drug-likeness (QED) is 0.657. The van der Waals surface area contributed by atoms with Crippen molar-refractivity contribution in [3.63, 3.8) is 0 Å². The van der Waals surface area contributed by atoms with Crippen LogP contribution in [0.5, 0.6) is 0 Å². The number of rotatable bonds is 2. The van der Waals surface area contributed by atoms with E-state index < -0.39 is 40.4 Å². The molecule has 9 heteroatoms. The number of aromatic amines is 1. The average molecular weight is 325 g/mol.